The third kappa shape index (κ3) is 7.39. The maximum atomic E-state index is 11.0. The Morgan fingerprint density at radius 3 is 1.91 bits per heavy atom. The van der Waals surface area contributed by atoms with Gasteiger partial charge >= 0.3 is 5.97 Å². The Balaban J connectivity index is 1.94. The third-order valence-electron chi connectivity index (χ3n) is 5.40. The molecule has 0 aliphatic heterocycles. The van der Waals surface area contributed by atoms with Crippen LogP contribution in [0.15, 0.2) is 61.2 Å². The molecule has 2 unspecified atom stereocenters. The monoisotopic (exact) mass is 442 g/mol. The quantitative estimate of drug-likeness (QED) is 0.369. The smallest absolute Gasteiger partial charge is 0.330 e. The van der Waals surface area contributed by atoms with Crippen LogP contribution in [-0.2, 0) is 19.7 Å². The number of ether oxygens (including phenoxy) is 4. The molecule has 0 bridgehead atoms. The first-order valence-electron chi connectivity index (χ1n) is 10.8. The van der Waals surface area contributed by atoms with Crippen molar-refractivity contribution in [3.8, 4) is 11.5 Å². The largest absolute Gasteiger partial charge is 0.491 e. The van der Waals surface area contributed by atoms with E-state index in [0.717, 1.165) is 29.4 Å². The predicted octanol–water partition coefficient (Wildman–Crippen LogP) is 4.29. The van der Waals surface area contributed by atoms with Crippen LogP contribution in [0.2, 0.25) is 0 Å². The summed E-state index contributed by atoms with van der Waals surface area (Å²) >= 11 is 0. The topological polar surface area (TPSA) is 74.2 Å². The summed E-state index contributed by atoms with van der Waals surface area (Å²) in [4.78, 5) is 11.0. The second kappa shape index (κ2) is 12.3. The van der Waals surface area contributed by atoms with E-state index in [1.807, 2.05) is 36.4 Å². The highest BCUT2D eigenvalue weighted by molar-refractivity contribution is 5.81. The molecule has 2 atom stereocenters. The molecule has 0 amide bonds. The van der Waals surface area contributed by atoms with Gasteiger partial charge in [-0.05, 0) is 41.8 Å². The number of carbonyl (C=O) groups is 1. The minimum absolute atomic E-state index is 0.0244. The summed E-state index contributed by atoms with van der Waals surface area (Å²) in [5.41, 5.74) is 2.08. The standard InChI is InChI=1S/C26H34O6/c1-6-22(29-5)18-31-24-14-10-20(11-15-24)26(3,4)19-8-12-23(13-9-19)30-16-21(27)17-32-25(28)7-2/h7-15,21-22,27H,2,6,16-18H2,1,3-5H3. The maximum Gasteiger partial charge on any atom is 0.330 e. The zero-order chi connectivity index (χ0) is 23.6. The van der Waals surface area contributed by atoms with Crippen molar-refractivity contribution in [2.75, 3.05) is 26.9 Å². The molecule has 32 heavy (non-hydrogen) atoms. The third-order valence-corrected chi connectivity index (χ3v) is 5.40. The van der Waals surface area contributed by atoms with Gasteiger partial charge in [-0.25, -0.2) is 4.79 Å². The average Bonchev–Trinajstić information content (AvgIpc) is 2.82. The maximum absolute atomic E-state index is 11.0. The highest BCUT2D eigenvalue weighted by Crippen LogP contribution is 2.33. The van der Waals surface area contributed by atoms with Crippen molar-refractivity contribution < 1.29 is 28.8 Å². The lowest BCUT2D eigenvalue weighted by Crippen LogP contribution is -2.24. The zero-order valence-electron chi connectivity index (χ0n) is 19.4. The van der Waals surface area contributed by atoms with E-state index in [2.05, 4.69) is 39.5 Å². The van der Waals surface area contributed by atoms with Gasteiger partial charge in [0, 0.05) is 18.6 Å². The molecule has 0 fully saturated rings. The van der Waals surface area contributed by atoms with Crippen LogP contribution in [0.4, 0.5) is 0 Å². The molecular weight excluding hydrogens is 408 g/mol. The summed E-state index contributed by atoms with van der Waals surface area (Å²) in [7, 11) is 1.70. The van der Waals surface area contributed by atoms with E-state index in [4.69, 9.17) is 18.9 Å². The van der Waals surface area contributed by atoms with Gasteiger partial charge in [0.1, 0.15) is 37.4 Å². The first-order valence-corrected chi connectivity index (χ1v) is 10.8. The number of carbonyl (C=O) groups excluding carboxylic acids is 1. The summed E-state index contributed by atoms with van der Waals surface area (Å²) in [6.07, 6.45) is 1.14. The summed E-state index contributed by atoms with van der Waals surface area (Å²) in [6.45, 7) is 10.1. The highest BCUT2D eigenvalue weighted by Gasteiger charge is 2.23. The predicted molar refractivity (Wildman–Crippen MR) is 124 cm³/mol. The fourth-order valence-corrected chi connectivity index (χ4v) is 3.12. The van der Waals surface area contributed by atoms with Crippen molar-refractivity contribution in [3.63, 3.8) is 0 Å². The van der Waals surface area contributed by atoms with Gasteiger partial charge in [-0.15, -0.1) is 0 Å². The van der Waals surface area contributed by atoms with Crippen LogP contribution in [0.1, 0.15) is 38.3 Å². The van der Waals surface area contributed by atoms with E-state index in [1.54, 1.807) is 7.11 Å². The van der Waals surface area contributed by atoms with E-state index >= 15 is 0 Å². The van der Waals surface area contributed by atoms with Gasteiger partial charge in [-0.1, -0.05) is 51.6 Å². The van der Waals surface area contributed by atoms with Crippen molar-refractivity contribution in [1.82, 2.24) is 0 Å². The van der Waals surface area contributed by atoms with Crippen LogP contribution in [0.25, 0.3) is 0 Å². The molecule has 0 aromatic heterocycles. The lowest BCUT2D eigenvalue weighted by Gasteiger charge is -2.26. The van der Waals surface area contributed by atoms with Crippen molar-refractivity contribution in [3.05, 3.63) is 72.3 Å². The van der Waals surface area contributed by atoms with Gasteiger partial charge in [0.2, 0.25) is 0 Å². The summed E-state index contributed by atoms with van der Waals surface area (Å²) in [6, 6.07) is 15.9. The van der Waals surface area contributed by atoms with Crippen LogP contribution in [0.3, 0.4) is 0 Å². The Morgan fingerprint density at radius 2 is 1.47 bits per heavy atom. The van der Waals surface area contributed by atoms with Gasteiger partial charge in [-0.3, -0.25) is 0 Å². The van der Waals surface area contributed by atoms with Crippen LogP contribution in [0, 0.1) is 0 Å². The molecule has 2 aromatic rings. The number of esters is 1. The van der Waals surface area contributed by atoms with Crippen molar-refractivity contribution in [2.45, 2.75) is 44.8 Å². The average molecular weight is 443 g/mol. The fraction of sp³-hybridized carbons (Fsp3) is 0.423. The van der Waals surface area contributed by atoms with Gasteiger partial charge < -0.3 is 24.1 Å². The van der Waals surface area contributed by atoms with Crippen molar-refractivity contribution in [1.29, 1.82) is 0 Å². The van der Waals surface area contributed by atoms with Gasteiger partial charge in [0.05, 0.1) is 6.10 Å². The van der Waals surface area contributed by atoms with Crippen LogP contribution < -0.4 is 9.47 Å². The lowest BCUT2D eigenvalue weighted by molar-refractivity contribution is -0.141. The Labute approximate surface area is 190 Å². The van der Waals surface area contributed by atoms with E-state index in [9.17, 15) is 9.90 Å². The number of hydrogen-bond donors (Lipinski definition) is 1. The molecule has 2 aromatic carbocycles. The van der Waals surface area contributed by atoms with Gasteiger partial charge in [-0.2, -0.15) is 0 Å². The lowest BCUT2D eigenvalue weighted by atomic mass is 9.78. The number of methoxy groups -OCH3 is 1. The molecule has 6 nitrogen and oxygen atoms in total. The molecule has 0 saturated heterocycles. The van der Waals surface area contributed by atoms with Crippen LogP contribution in [-0.4, -0.2) is 50.2 Å². The van der Waals surface area contributed by atoms with E-state index < -0.39 is 12.1 Å². The second-order valence-electron chi connectivity index (χ2n) is 8.05. The first kappa shape index (κ1) is 25.4. The SMILES string of the molecule is C=CC(=O)OCC(O)COc1ccc(C(C)(C)c2ccc(OCC(CC)OC)cc2)cc1. The zero-order valence-corrected chi connectivity index (χ0v) is 19.4. The Bertz CT molecular complexity index is 838. The molecule has 2 rings (SSSR count). The molecule has 0 saturated carbocycles. The molecule has 6 heteroatoms. The van der Waals surface area contributed by atoms with Crippen molar-refractivity contribution in [2.24, 2.45) is 0 Å². The Morgan fingerprint density at radius 1 is 0.969 bits per heavy atom. The number of aliphatic hydroxyl groups excluding tert-OH is 1. The molecule has 0 spiro atoms. The Hall–Kier alpha value is -2.83. The van der Waals surface area contributed by atoms with E-state index in [0.29, 0.717) is 12.4 Å². The van der Waals surface area contributed by atoms with E-state index in [-0.39, 0.29) is 24.7 Å². The molecule has 0 aliphatic rings. The minimum Gasteiger partial charge on any atom is -0.491 e. The van der Waals surface area contributed by atoms with Crippen LogP contribution >= 0.6 is 0 Å². The van der Waals surface area contributed by atoms with E-state index in [1.165, 1.54) is 0 Å². The normalized spacial score (nSPS) is 13.2. The number of hydrogen-bond acceptors (Lipinski definition) is 6. The molecule has 0 heterocycles. The molecule has 1 N–H and O–H groups in total. The summed E-state index contributed by atoms with van der Waals surface area (Å²) in [5, 5.41) is 9.85. The fourth-order valence-electron chi connectivity index (χ4n) is 3.12. The Kier molecular flexibility index (Phi) is 9.75. The first-order chi connectivity index (χ1) is 15.3. The molecule has 174 valence electrons. The number of aliphatic hydroxyl groups is 1. The van der Waals surface area contributed by atoms with Gasteiger partial charge in [0.15, 0.2) is 0 Å². The molecule has 0 radical (unpaired) electrons. The number of rotatable bonds is 13. The molecular formula is C26H34O6. The minimum atomic E-state index is -0.910. The second-order valence-corrected chi connectivity index (χ2v) is 8.05. The number of benzene rings is 2. The molecule has 0 aliphatic carbocycles. The summed E-state index contributed by atoms with van der Waals surface area (Å²) < 4.78 is 21.6. The highest BCUT2D eigenvalue weighted by atomic mass is 16.5. The van der Waals surface area contributed by atoms with Crippen LogP contribution in [0.5, 0.6) is 11.5 Å². The summed E-state index contributed by atoms with van der Waals surface area (Å²) in [5.74, 6) is 0.877. The van der Waals surface area contributed by atoms with Crippen molar-refractivity contribution >= 4 is 5.97 Å². The van der Waals surface area contributed by atoms with Gasteiger partial charge in [0.25, 0.3) is 0 Å².